The van der Waals surface area contributed by atoms with Crippen LogP contribution >= 0.6 is 11.3 Å². The summed E-state index contributed by atoms with van der Waals surface area (Å²) in [5.74, 6) is -2.54. The molecule has 0 amide bonds. The summed E-state index contributed by atoms with van der Waals surface area (Å²) in [5.41, 5.74) is 2.01. The zero-order chi connectivity index (χ0) is 37.9. The number of sulfone groups is 1. The molecule has 2 N–H and O–H groups in total. The number of anilines is 3. The summed E-state index contributed by atoms with van der Waals surface area (Å²) >= 11 is 1.40. The van der Waals surface area contributed by atoms with E-state index in [1.54, 1.807) is 30.5 Å². The lowest BCUT2D eigenvalue weighted by Crippen LogP contribution is -2.40. The van der Waals surface area contributed by atoms with Crippen LogP contribution in [-0.2, 0) is 19.9 Å². The number of benzene rings is 3. The van der Waals surface area contributed by atoms with Gasteiger partial charge in [-0.1, -0.05) is 32.0 Å². The van der Waals surface area contributed by atoms with Crippen molar-refractivity contribution in [1.29, 1.82) is 0 Å². The molecule has 1 aliphatic rings. The predicted octanol–water partition coefficient (Wildman–Crippen LogP) is 7.24. The van der Waals surface area contributed by atoms with Gasteiger partial charge in [0.2, 0.25) is 5.95 Å². The Balaban J connectivity index is 1.18. The van der Waals surface area contributed by atoms with Crippen LogP contribution < -0.4 is 14.8 Å². The smallest absolute Gasteiger partial charge is 0.267 e. The molecule has 0 unspecified atom stereocenters. The second kappa shape index (κ2) is 15.8. The molecule has 5 aromatic rings. The number of hydrogen-bond donors (Lipinski definition) is 2. The van der Waals surface area contributed by atoms with Crippen molar-refractivity contribution in [3.8, 4) is 27.6 Å². The standard InChI is InChI=1S/C36H37F3N6O5S3/c1-22(2)35-43-32(23-6-4-7-25(20-23)44-53(48,49)34-27(37)8-5-9-28(34)38)33(51-35)30-12-15-40-36(42-30)41-24-10-11-31(29(39)21-24)50-26-13-16-45(17-14-26)18-19-52(3,46)47/h4-12,15,20-22,26,44H,13-14,16-19H2,1-3H3,(H,40,41,42). The van der Waals surface area contributed by atoms with Gasteiger partial charge in [-0.3, -0.25) is 4.72 Å². The first kappa shape index (κ1) is 38.2. The fourth-order valence-electron chi connectivity index (χ4n) is 5.70. The number of nitrogens with one attached hydrogen (secondary N) is 2. The van der Waals surface area contributed by atoms with Crippen LogP contribution in [-0.4, -0.2) is 74.4 Å². The molecule has 0 aliphatic carbocycles. The molecule has 1 saturated heterocycles. The van der Waals surface area contributed by atoms with Gasteiger partial charge in [0, 0.05) is 61.0 Å². The number of piperidine rings is 1. The second-order valence-electron chi connectivity index (χ2n) is 12.9. The van der Waals surface area contributed by atoms with Gasteiger partial charge in [-0.05, 0) is 55.3 Å². The Morgan fingerprint density at radius 2 is 1.62 bits per heavy atom. The number of aromatic nitrogens is 3. The van der Waals surface area contributed by atoms with E-state index < -0.39 is 42.2 Å². The lowest BCUT2D eigenvalue weighted by molar-refractivity contribution is 0.100. The first-order chi connectivity index (χ1) is 25.1. The lowest BCUT2D eigenvalue weighted by atomic mass is 10.1. The molecule has 0 bridgehead atoms. The zero-order valence-corrected chi connectivity index (χ0v) is 31.5. The first-order valence-corrected chi connectivity index (χ1v) is 21.1. The molecule has 0 radical (unpaired) electrons. The Morgan fingerprint density at radius 3 is 2.30 bits per heavy atom. The molecule has 17 heteroatoms. The zero-order valence-electron chi connectivity index (χ0n) is 29.0. The highest BCUT2D eigenvalue weighted by Gasteiger charge is 2.26. The summed E-state index contributed by atoms with van der Waals surface area (Å²) in [6.07, 6.45) is 3.87. The van der Waals surface area contributed by atoms with Gasteiger partial charge in [-0.25, -0.2) is 45.0 Å². The van der Waals surface area contributed by atoms with Crippen molar-refractivity contribution in [2.45, 2.75) is 43.6 Å². The minimum atomic E-state index is -4.60. The maximum atomic E-state index is 15.2. The lowest BCUT2D eigenvalue weighted by Gasteiger charge is -2.32. The van der Waals surface area contributed by atoms with E-state index in [0.29, 0.717) is 60.0 Å². The Bertz CT molecular complexity index is 2310. The van der Waals surface area contributed by atoms with Crippen molar-refractivity contribution in [3.05, 3.63) is 95.4 Å². The molecule has 1 aliphatic heterocycles. The summed E-state index contributed by atoms with van der Waals surface area (Å²) in [6, 6.07) is 15.3. The van der Waals surface area contributed by atoms with Gasteiger partial charge in [0.05, 0.1) is 27.0 Å². The molecule has 3 heterocycles. The molecule has 0 spiro atoms. The maximum absolute atomic E-state index is 15.2. The number of rotatable bonds is 13. The van der Waals surface area contributed by atoms with E-state index in [9.17, 15) is 25.6 Å². The van der Waals surface area contributed by atoms with Crippen LogP contribution in [0.3, 0.4) is 0 Å². The molecule has 2 aromatic heterocycles. The van der Waals surface area contributed by atoms with E-state index in [0.717, 1.165) is 23.2 Å². The largest absolute Gasteiger partial charge is 0.487 e. The number of nitrogens with zero attached hydrogens (tertiary/aromatic N) is 4. The minimum Gasteiger partial charge on any atom is -0.487 e. The molecule has 0 saturated carbocycles. The van der Waals surface area contributed by atoms with E-state index >= 15 is 4.39 Å². The molecule has 0 atom stereocenters. The van der Waals surface area contributed by atoms with Gasteiger partial charge in [0.25, 0.3) is 10.0 Å². The van der Waals surface area contributed by atoms with Crippen molar-refractivity contribution < 1.29 is 34.7 Å². The quantitative estimate of drug-likeness (QED) is 0.125. The van der Waals surface area contributed by atoms with E-state index in [4.69, 9.17) is 9.72 Å². The highest BCUT2D eigenvalue weighted by atomic mass is 32.2. The van der Waals surface area contributed by atoms with Crippen LogP contribution in [0.2, 0.25) is 0 Å². The molecule has 1 fully saturated rings. The Kier molecular flexibility index (Phi) is 11.4. The van der Waals surface area contributed by atoms with Gasteiger partial charge in [0.1, 0.15) is 27.6 Å². The molecule has 6 rings (SSSR count). The Hall–Kier alpha value is -4.58. The van der Waals surface area contributed by atoms with Crippen molar-refractivity contribution in [3.63, 3.8) is 0 Å². The monoisotopic (exact) mass is 786 g/mol. The number of thiazole rings is 1. The minimum absolute atomic E-state index is 0.0498. The van der Waals surface area contributed by atoms with Crippen LogP contribution in [0.15, 0.2) is 77.8 Å². The third-order valence-electron chi connectivity index (χ3n) is 8.40. The maximum Gasteiger partial charge on any atom is 0.267 e. The van der Waals surface area contributed by atoms with Crippen LogP contribution in [0.25, 0.3) is 21.8 Å². The van der Waals surface area contributed by atoms with E-state index in [1.807, 2.05) is 13.8 Å². The van der Waals surface area contributed by atoms with Gasteiger partial charge in [-0.15, -0.1) is 11.3 Å². The fourth-order valence-corrected chi connectivity index (χ4v) is 8.54. The molecule has 53 heavy (non-hydrogen) atoms. The summed E-state index contributed by atoms with van der Waals surface area (Å²) < 4.78 is 101. The average molecular weight is 787 g/mol. The molecule has 11 nitrogen and oxygen atoms in total. The highest BCUT2D eigenvalue weighted by molar-refractivity contribution is 7.92. The second-order valence-corrected chi connectivity index (χ2v) is 17.9. The molecule has 280 valence electrons. The predicted molar refractivity (Wildman–Crippen MR) is 199 cm³/mol. The van der Waals surface area contributed by atoms with Gasteiger partial charge >= 0.3 is 0 Å². The van der Waals surface area contributed by atoms with Crippen LogP contribution in [0.5, 0.6) is 5.75 Å². The highest BCUT2D eigenvalue weighted by Crippen LogP contribution is 2.39. The van der Waals surface area contributed by atoms with Gasteiger partial charge in [-0.2, -0.15) is 0 Å². The number of hydrogen-bond acceptors (Lipinski definition) is 11. The van der Waals surface area contributed by atoms with Crippen LogP contribution in [0, 0.1) is 17.5 Å². The topological polar surface area (TPSA) is 143 Å². The summed E-state index contributed by atoms with van der Waals surface area (Å²) in [5, 5.41) is 3.83. The van der Waals surface area contributed by atoms with Gasteiger partial charge < -0.3 is 15.0 Å². The number of halogens is 3. The molecular formula is C36H37F3N6O5S3. The summed E-state index contributed by atoms with van der Waals surface area (Å²) in [7, 11) is -7.64. The SMILES string of the molecule is CC(C)c1nc(-c2cccc(NS(=O)(=O)c3c(F)cccc3F)c2)c(-c2ccnc(Nc3ccc(OC4CCN(CCS(C)(=O)=O)CC4)c(F)c3)n2)s1. The van der Waals surface area contributed by atoms with Crippen molar-refractivity contribution in [1.82, 2.24) is 19.9 Å². The van der Waals surface area contributed by atoms with Gasteiger partial charge in [0.15, 0.2) is 16.5 Å². The fraction of sp³-hybridized carbons (Fsp3) is 0.306. The third kappa shape index (κ3) is 9.51. The van der Waals surface area contributed by atoms with Crippen molar-refractivity contribution in [2.24, 2.45) is 0 Å². The van der Waals surface area contributed by atoms with Crippen molar-refractivity contribution in [2.75, 3.05) is 41.7 Å². The summed E-state index contributed by atoms with van der Waals surface area (Å²) in [6.45, 7) is 5.76. The molecular weight excluding hydrogens is 750 g/mol. The Morgan fingerprint density at radius 1 is 0.906 bits per heavy atom. The van der Waals surface area contributed by atoms with Crippen molar-refractivity contribution >= 4 is 48.5 Å². The van der Waals surface area contributed by atoms with Crippen LogP contribution in [0.1, 0.15) is 37.6 Å². The number of ether oxygens (including phenoxy) is 1. The first-order valence-electron chi connectivity index (χ1n) is 16.7. The number of sulfonamides is 1. The van der Waals surface area contributed by atoms with Crippen LogP contribution in [0.4, 0.5) is 30.5 Å². The van der Waals surface area contributed by atoms with E-state index in [-0.39, 0.29) is 35.2 Å². The number of likely N-dealkylation sites (tertiary alicyclic amines) is 1. The third-order valence-corrected chi connectivity index (χ3v) is 12.1. The normalized spacial score (nSPS) is 14.4. The van der Waals surface area contributed by atoms with E-state index in [1.165, 1.54) is 41.9 Å². The molecule has 3 aromatic carbocycles. The average Bonchev–Trinajstić information content (AvgIpc) is 3.55. The summed E-state index contributed by atoms with van der Waals surface area (Å²) in [4.78, 5) is 15.5. The van der Waals surface area contributed by atoms with E-state index in [2.05, 4.69) is 24.9 Å². The Labute approximate surface area is 310 Å².